The van der Waals surface area contributed by atoms with Crippen molar-refractivity contribution in [3.05, 3.63) is 60.4 Å². The molecule has 188 valence electrons. The summed E-state index contributed by atoms with van der Waals surface area (Å²) >= 11 is 0. The molecule has 35 heavy (non-hydrogen) atoms. The highest BCUT2D eigenvalue weighted by Gasteiger charge is 2.17. The Labute approximate surface area is 206 Å². The van der Waals surface area contributed by atoms with Crippen LogP contribution in [-0.4, -0.2) is 30.5 Å². The molecule has 0 unspecified atom stereocenters. The number of halogens is 2. The lowest BCUT2D eigenvalue weighted by molar-refractivity contribution is 0.0511. The van der Waals surface area contributed by atoms with Crippen LogP contribution in [0, 0.1) is 11.6 Å². The summed E-state index contributed by atoms with van der Waals surface area (Å²) in [5.41, 5.74) is 1.62. The molecular formula is C28H34F2N2O3. The monoisotopic (exact) mass is 484 g/mol. The summed E-state index contributed by atoms with van der Waals surface area (Å²) < 4.78 is 45.1. The predicted molar refractivity (Wildman–Crippen MR) is 133 cm³/mol. The molecule has 3 rings (SSSR count). The van der Waals surface area contributed by atoms with Crippen molar-refractivity contribution in [1.29, 1.82) is 0 Å². The molecule has 5 nitrogen and oxygen atoms in total. The van der Waals surface area contributed by atoms with Gasteiger partial charge in [0.05, 0.1) is 12.2 Å². The Morgan fingerprint density at radius 1 is 0.714 bits per heavy atom. The molecule has 0 aliphatic carbocycles. The van der Waals surface area contributed by atoms with Crippen molar-refractivity contribution in [2.24, 2.45) is 0 Å². The molecule has 0 bridgehead atoms. The first-order chi connectivity index (χ1) is 17.1. The first kappa shape index (κ1) is 26.5. The van der Waals surface area contributed by atoms with E-state index in [0.717, 1.165) is 30.4 Å². The smallest absolute Gasteiger partial charge is 0.201 e. The van der Waals surface area contributed by atoms with Crippen LogP contribution in [0.2, 0.25) is 0 Å². The maximum Gasteiger partial charge on any atom is 0.201 e. The molecule has 0 saturated carbocycles. The van der Waals surface area contributed by atoms with E-state index in [1.165, 1.54) is 44.2 Å². The van der Waals surface area contributed by atoms with Crippen LogP contribution < -0.4 is 9.47 Å². The highest BCUT2D eigenvalue weighted by atomic mass is 19.2. The van der Waals surface area contributed by atoms with Crippen molar-refractivity contribution < 1.29 is 23.0 Å². The van der Waals surface area contributed by atoms with Crippen LogP contribution in [0.25, 0.3) is 22.5 Å². The molecule has 7 heteroatoms. The molecule has 0 aliphatic heterocycles. The van der Waals surface area contributed by atoms with Gasteiger partial charge >= 0.3 is 0 Å². The number of ether oxygens (including phenoxy) is 3. The summed E-state index contributed by atoms with van der Waals surface area (Å²) in [7, 11) is 1.56. The number of methoxy groups -OCH3 is 1. The molecule has 0 fully saturated rings. The Morgan fingerprint density at radius 3 is 2.03 bits per heavy atom. The van der Waals surface area contributed by atoms with Gasteiger partial charge in [-0.1, -0.05) is 64.0 Å². The summed E-state index contributed by atoms with van der Waals surface area (Å²) in [4.78, 5) is 8.48. The summed E-state index contributed by atoms with van der Waals surface area (Å²) in [5.74, 6) is -1.32. The number of nitrogens with zero attached hydrogens (tertiary/aromatic N) is 2. The van der Waals surface area contributed by atoms with E-state index < -0.39 is 11.6 Å². The Bertz CT molecular complexity index is 1030. The topological polar surface area (TPSA) is 53.5 Å². The molecule has 0 saturated heterocycles. The van der Waals surface area contributed by atoms with Crippen LogP contribution in [0.4, 0.5) is 8.78 Å². The predicted octanol–water partition coefficient (Wildman–Crippen LogP) is 7.59. The zero-order chi connectivity index (χ0) is 24.9. The molecule has 2 aromatic carbocycles. The van der Waals surface area contributed by atoms with Crippen molar-refractivity contribution in [3.63, 3.8) is 0 Å². The second kappa shape index (κ2) is 14.4. The molecule has 0 spiro atoms. The average molecular weight is 485 g/mol. The second-order valence-corrected chi connectivity index (χ2v) is 8.43. The van der Waals surface area contributed by atoms with Gasteiger partial charge in [-0.25, -0.2) is 14.4 Å². The molecule has 1 aromatic heterocycles. The van der Waals surface area contributed by atoms with E-state index in [1.54, 1.807) is 19.5 Å². The van der Waals surface area contributed by atoms with Crippen LogP contribution in [0.15, 0.2) is 48.8 Å². The molecule has 3 aromatic rings. The maximum atomic E-state index is 14.7. The van der Waals surface area contributed by atoms with Crippen LogP contribution in [-0.2, 0) is 4.74 Å². The largest absolute Gasteiger partial charge is 0.490 e. The molecule has 0 aliphatic rings. The third-order valence-corrected chi connectivity index (χ3v) is 5.73. The highest BCUT2D eigenvalue weighted by molar-refractivity contribution is 5.65. The first-order valence-electron chi connectivity index (χ1n) is 12.3. The molecule has 0 N–H and O–H groups in total. The van der Waals surface area contributed by atoms with Crippen molar-refractivity contribution in [2.75, 3.05) is 20.5 Å². The summed E-state index contributed by atoms with van der Waals surface area (Å²) in [6.07, 6.45) is 12.4. The molecule has 0 atom stereocenters. The van der Waals surface area contributed by atoms with E-state index in [9.17, 15) is 8.78 Å². The van der Waals surface area contributed by atoms with Crippen LogP contribution in [0.1, 0.15) is 58.3 Å². The van der Waals surface area contributed by atoms with Gasteiger partial charge in [0.1, 0.15) is 5.75 Å². The van der Waals surface area contributed by atoms with Gasteiger partial charge in [0.25, 0.3) is 0 Å². The number of hydrogen-bond acceptors (Lipinski definition) is 5. The van der Waals surface area contributed by atoms with E-state index >= 15 is 0 Å². The third-order valence-electron chi connectivity index (χ3n) is 5.73. The van der Waals surface area contributed by atoms with E-state index in [1.807, 2.05) is 24.3 Å². The van der Waals surface area contributed by atoms with Crippen LogP contribution in [0.3, 0.4) is 0 Å². The fourth-order valence-electron chi connectivity index (χ4n) is 3.72. The van der Waals surface area contributed by atoms with Gasteiger partial charge in [0, 0.05) is 25.1 Å². The maximum absolute atomic E-state index is 14.7. The standard InChI is InChI=1S/C28H34F2N2O3/c1-3-4-5-6-7-8-9-10-17-34-25-16-15-24(26(29)27(25)30)28-31-18-22(19-32-28)21-11-13-23(14-12-21)35-20-33-2/h11-16,18-19H,3-10,17,20H2,1-2H3. The van der Waals surface area contributed by atoms with E-state index in [4.69, 9.17) is 14.2 Å². The minimum absolute atomic E-state index is 0.00297. The van der Waals surface area contributed by atoms with Gasteiger partial charge in [-0.05, 0) is 36.2 Å². The molecular weight excluding hydrogens is 450 g/mol. The minimum atomic E-state index is -1.01. The second-order valence-electron chi connectivity index (χ2n) is 8.43. The fraction of sp³-hybridized carbons (Fsp3) is 0.429. The Kier molecular flexibility index (Phi) is 10.9. The van der Waals surface area contributed by atoms with Gasteiger partial charge in [0.15, 0.2) is 24.2 Å². The van der Waals surface area contributed by atoms with Gasteiger partial charge in [-0.15, -0.1) is 0 Å². The number of benzene rings is 2. The van der Waals surface area contributed by atoms with E-state index in [-0.39, 0.29) is 23.9 Å². The zero-order valence-corrected chi connectivity index (χ0v) is 20.6. The summed E-state index contributed by atoms with van der Waals surface area (Å²) in [6, 6.07) is 10.2. The van der Waals surface area contributed by atoms with Gasteiger partial charge < -0.3 is 14.2 Å². The van der Waals surface area contributed by atoms with Crippen molar-refractivity contribution in [3.8, 4) is 34.0 Å². The van der Waals surface area contributed by atoms with Crippen molar-refractivity contribution in [2.45, 2.75) is 58.3 Å². The molecule has 0 amide bonds. The lowest BCUT2D eigenvalue weighted by atomic mass is 10.1. The van der Waals surface area contributed by atoms with Crippen LogP contribution >= 0.6 is 0 Å². The van der Waals surface area contributed by atoms with Crippen LogP contribution in [0.5, 0.6) is 11.5 Å². The quantitative estimate of drug-likeness (QED) is 0.164. The fourth-order valence-corrected chi connectivity index (χ4v) is 3.72. The number of rotatable bonds is 15. The Balaban J connectivity index is 1.54. The van der Waals surface area contributed by atoms with Crippen molar-refractivity contribution >= 4 is 0 Å². The minimum Gasteiger partial charge on any atom is -0.490 e. The lowest BCUT2D eigenvalue weighted by Crippen LogP contribution is -2.02. The Morgan fingerprint density at radius 2 is 1.37 bits per heavy atom. The van der Waals surface area contributed by atoms with E-state index in [0.29, 0.717) is 12.4 Å². The lowest BCUT2D eigenvalue weighted by Gasteiger charge is -2.10. The number of hydrogen-bond donors (Lipinski definition) is 0. The third kappa shape index (κ3) is 7.99. The van der Waals surface area contributed by atoms with Gasteiger partial charge in [-0.2, -0.15) is 4.39 Å². The number of aromatic nitrogens is 2. The number of unbranched alkanes of at least 4 members (excludes halogenated alkanes) is 7. The van der Waals surface area contributed by atoms with Gasteiger partial charge in [0.2, 0.25) is 5.82 Å². The summed E-state index contributed by atoms with van der Waals surface area (Å²) in [5, 5.41) is 0. The molecule has 0 radical (unpaired) electrons. The van der Waals surface area contributed by atoms with Crippen molar-refractivity contribution in [1.82, 2.24) is 9.97 Å². The van der Waals surface area contributed by atoms with Gasteiger partial charge in [-0.3, -0.25) is 0 Å². The zero-order valence-electron chi connectivity index (χ0n) is 20.6. The SMILES string of the molecule is CCCCCCCCCCOc1ccc(-c2ncc(-c3ccc(OCOC)cc3)cn2)c(F)c1F. The Hall–Kier alpha value is -3.06. The highest BCUT2D eigenvalue weighted by Crippen LogP contribution is 2.29. The summed E-state index contributed by atoms with van der Waals surface area (Å²) in [6.45, 7) is 2.74. The van der Waals surface area contributed by atoms with E-state index in [2.05, 4.69) is 16.9 Å². The normalized spacial score (nSPS) is 11.0. The average Bonchev–Trinajstić information content (AvgIpc) is 2.89. The molecule has 1 heterocycles. The first-order valence-corrected chi connectivity index (χ1v) is 12.3.